The highest BCUT2D eigenvalue weighted by Gasteiger charge is 2.61. The third-order valence-electron chi connectivity index (χ3n) is 7.81. The maximum atomic E-state index is 10.6. The predicted molar refractivity (Wildman–Crippen MR) is 158 cm³/mol. The summed E-state index contributed by atoms with van der Waals surface area (Å²) in [5.41, 5.74) is 2.11. The molecule has 196 valence electrons. The van der Waals surface area contributed by atoms with Crippen LogP contribution in [0.1, 0.15) is 28.2 Å². The monoisotopic (exact) mass is 578 g/mol. The molecule has 0 saturated carbocycles. The van der Waals surface area contributed by atoms with Crippen molar-refractivity contribution in [3.05, 3.63) is 155 Å². The van der Waals surface area contributed by atoms with Crippen molar-refractivity contribution in [2.24, 2.45) is 0 Å². The maximum Gasteiger partial charge on any atom is 0.143 e. The van der Waals surface area contributed by atoms with Crippen molar-refractivity contribution in [2.75, 3.05) is 19.8 Å². The molecule has 0 spiro atoms. The quantitative estimate of drug-likeness (QED) is 0.169. The van der Waals surface area contributed by atoms with Crippen LogP contribution in [-0.2, 0) is 10.3 Å². The van der Waals surface area contributed by atoms with E-state index >= 15 is 0 Å². The molecule has 0 radical (unpaired) electrons. The third kappa shape index (κ3) is 4.75. The molecule has 5 rings (SSSR count). The summed E-state index contributed by atoms with van der Waals surface area (Å²) in [6.07, 6.45) is 1.78. The molecule has 1 aliphatic rings. The number of aliphatic hydroxyl groups is 1. The zero-order valence-electron chi connectivity index (χ0n) is 21.7. The molecule has 5 heteroatoms. The molecular weight excluding hydrogens is 548 g/mol. The smallest absolute Gasteiger partial charge is 0.143 e. The van der Waals surface area contributed by atoms with Crippen molar-refractivity contribution in [2.45, 2.75) is 23.1 Å². The Morgan fingerprint density at radius 3 is 1.77 bits per heavy atom. The highest BCUT2D eigenvalue weighted by molar-refractivity contribution is 9.10. The summed E-state index contributed by atoms with van der Waals surface area (Å²) >= 11 is 3.52. The van der Waals surface area contributed by atoms with Crippen molar-refractivity contribution in [3.63, 3.8) is 0 Å². The fourth-order valence-corrected chi connectivity index (χ4v) is 6.28. The number of benzene rings is 4. The topological polar surface area (TPSA) is 56.5 Å². The van der Waals surface area contributed by atoms with Gasteiger partial charge in [-0.3, -0.25) is 4.90 Å². The molecular formula is C34H31BrN2O2. The minimum Gasteiger partial charge on any atom is -0.393 e. The third-order valence-corrected chi connectivity index (χ3v) is 8.34. The second-order valence-electron chi connectivity index (χ2n) is 9.82. The molecule has 1 aliphatic heterocycles. The number of hydrogen-bond donors (Lipinski definition) is 1. The van der Waals surface area contributed by atoms with Crippen molar-refractivity contribution in [3.8, 4) is 6.07 Å². The van der Waals surface area contributed by atoms with E-state index in [1.54, 1.807) is 6.08 Å². The van der Waals surface area contributed by atoms with Gasteiger partial charge >= 0.3 is 0 Å². The average Bonchev–Trinajstić information content (AvgIpc) is 3.00. The van der Waals surface area contributed by atoms with Crippen LogP contribution in [-0.4, -0.2) is 41.3 Å². The molecule has 1 fully saturated rings. The summed E-state index contributed by atoms with van der Waals surface area (Å²) in [4.78, 5) is 2.03. The Labute approximate surface area is 238 Å². The fraction of sp³-hybridized carbons (Fsp3) is 0.206. The van der Waals surface area contributed by atoms with E-state index in [9.17, 15) is 10.4 Å². The van der Waals surface area contributed by atoms with Gasteiger partial charge in [0.25, 0.3) is 0 Å². The van der Waals surface area contributed by atoms with Crippen LogP contribution in [0, 0.1) is 11.3 Å². The number of likely N-dealkylation sites (tertiary alicyclic amines) is 1. The van der Waals surface area contributed by atoms with E-state index in [0.29, 0.717) is 13.2 Å². The second kappa shape index (κ2) is 11.7. The Hall–Kier alpha value is -3.53. The minimum absolute atomic E-state index is 0.161. The van der Waals surface area contributed by atoms with Gasteiger partial charge in [-0.2, -0.15) is 5.26 Å². The average molecular weight is 580 g/mol. The van der Waals surface area contributed by atoms with Gasteiger partial charge in [-0.1, -0.05) is 125 Å². The molecule has 0 bridgehead atoms. The van der Waals surface area contributed by atoms with Crippen LogP contribution in [0.5, 0.6) is 0 Å². The van der Waals surface area contributed by atoms with Crippen LogP contribution in [0.3, 0.4) is 0 Å². The number of rotatable bonds is 10. The van der Waals surface area contributed by atoms with Gasteiger partial charge in [-0.25, -0.2) is 0 Å². The van der Waals surface area contributed by atoms with E-state index in [1.165, 1.54) is 0 Å². The van der Waals surface area contributed by atoms with E-state index in [4.69, 9.17) is 4.74 Å². The molecule has 1 N–H and O–H groups in total. The lowest BCUT2D eigenvalue weighted by molar-refractivity contribution is -0.131. The molecule has 4 aromatic rings. The summed E-state index contributed by atoms with van der Waals surface area (Å²) in [6.45, 7) is 4.44. The Bertz CT molecular complexity index is 1320. The Kier molecular flexibility index (Phi) is 8.11. The Morgan fingerprint density at radius 2 is 1.36 bits per heavy atom. The van der Waals surface area contributed by atoms with Crippen molar-refractivity contribution in [1.82, 2.24) is 4.90 Å². The van der Waals surface area contributed by atoms with Crippen LogP contribution in [0.4, 0.5) is 0 Å². The predicted octanol–water partition coefficient (Wildman–Crippen LogP) is 6.67. The van der Waals surface area contributed by atoms with E-state index < -0.39 is 11.1 Å². The van der Waals surface area contributed by atoms with E-state index in [2.05, 4.69) is 65.0 Å². The number of ether oxygens (including phenoxy) is 1. The zero-order valence-corrected chi connectivity index (χ0v) is 23.2. The summed E-state index contributed by atoms with van der Waals surface area (Å²) in [7, 11) is 0. The molecule has 0 unspecified atom stereocenters. The fourth-order valence-electron chi connectivity index (χ4n) is 6.02. The summed E-state index contributed by atoms with van der Waals surface area (Å²) in [6, 6.07) is 41.1. The van der Waals surface area contributed by atoms with Crippen molar-refractivity contribution >= 4 is 15.9 Å². The lowest BCUT2D eigenvalue weighted by atomic mass is 9.65. The number of hydrogen-bond acceptors (Lipinski definition) is 4. The van der Waals surface area contributed by atoms with Gasteiger partial charge in [0, 0.05) is 23.0 Å². The van der Waals surface area contributed by atoms with Gasteiger partial charge in [-0.05, 0) is 34.4 Å². The first-order chi connectivity index (χ1) is 19.1. The van der Waals surface area contributed by atoms with Crippen LogP contribution >= 0.6 is 15.9 Å². The number of aliphatic hydroxyl groups excluding tert-OH is 1. The molecule has 0 aromatic heterocycles. The van der Waals surface area contributed by atoms with E-state index in [-0.39, 0.29) is 18.6 Å². The van der Waals surface area contributed by atoms with E-state index in [1.807, 2.05) is 83.8 Å². The highest BCUT2D eigenvalue weighted by atomic mass is 79.9. The molecule has 1 saturated heterocycles. The Balaban J connectivity index is 1.62. The molecule has 0 amide bonds. The first-order valence-electron chi connectivity index (χ1n) is 13.1. The Morgan fingerprint density at radius 1 is 0.872 bits per heavy atom. The largest absolute Gasteiger partial charge is 0.393 e. The lowest BCUT2D eigenvalue weighted by Crippen LogP contribution is -2.74. The first kappa shape index (κ1) is 27.1. The number of nitriles is 1. The number of halogens is 1. The molecule has 4 nitrogen and oxygen atoms in total. The zero-order chi connectivity index (χ0) is 27.3. The van der Waals surface area contributed by atoms with Crippen LogP contribution in [0.15, 0.2) is 132 Å². The van der Waals surface area contributed by atoms with Gasteiger partial charge in [0.05, 0.1) is 19.3 Å². The molecule has 4 aromatic carbocycles. The summed E-state index contributed by atoms with van der Waals surface area (Å²) < 4.78 is 8.11. The molecule has 0 aliphatic carbocycles. The summed E-state index contributed by atoms with van der Waals surface area (Å²) in [5.74, 6) is -0.249. The van der Waals surface area contributed by atoms with Crippen molar-refractivity contribution in [1.29, 1.82) is 5.26 Å². The molecule has 39 heavy (non-hydrogen) atoms. The molecule has 1 heterocycles. The van der Waals surface area contributed by atoms with Gasteiger partial charge in [0.2, 0.25) is 0 Å². The van der Waals surface area contributed by atoms with Crippen LogP contribution in [0.25, 0.3) is 0 Å². The maximum absolute atomic E-state index is 10.6. The van der Waals surface area contributed by atoms with E-state index in [0.717, 1.165) is 26.7 Å². The van der Waals surface area contributed by atoms with Crippen molar-refractivity contribution < 1.29 is 9.84 Å². The van der Waals surface area contributed by atoms with Gasteiger partial charge in [0.15, 0.2) is 0 Å². The van der Waals surface area contributed by atoms with Gasteiger partial charge in [-0.15, -0.1) is 6.58 Å². The summed E-state index contributed by atoms with van der Waals surface area (Å²) in [5, 5.41) is 20.9. The number of nitrogens with zero attached hydrogens (tertiary/aromatic N) is 2. The van der Waals surface area contributed by atoms with Gasteiger partial charge < -0.3 is 9.84 Å². The van der Waals surface area contributed by atoms with Gasteiger partial charge in [0.1, 0.15) is 11.1 Å². The SMILES string of the molecule is C=CCN1[C@H](COC(c2ccccc2)(c2ccccc2)c2ccccc2)[C@@H](c2ccc(Br)cc2)[C@@]1(C#N)CO. The normalized spacial score (nSPS) is 21.1. The second-order valence-corrected chi connectivity index (χ2v) is 10.7. The first-order valence-corrected chi connectivity index (χ1v) is 13.9. The standard InChI is InChI=1S/C34H31BrN2O2/c1-2-22-37-31(32(33(37,24-36)25-38)26-18-20-30(35)21-19-26)23-39-34(27-12-6-3-7-13-27,28-14-8-4-9-15-28)29-16-10-5-11-17-29/h2-21,31-32,38H,1,22-23,25H2/t31-,32-,33-/m1/s1. The van der Waals surface area contributed by atoms with Crippen LogP contribution in [0.2, 0.25) is 0 Å². The molecule has 3 atom stereocenters. The van der Waals surface area contributed by atoms with Crippen LogP contribution < -0.4 is 0 Å². The minimum atomic E-state index is -1.06. The lowest BCUT2D eigenvalue weighted by Gasteiger charge is -2.60. The highest BCUT2D eigenvalue weighted by Crippen LogP contribution is 2.50.